The summed E-state index contributed by atoms with van der Waals surface area (Å²) in [5.41, 5.74) is 0.652. The molecule has 0 aliphatic rings. The number of ether oxygens (including phenoxy) is 1. The Labute approximate surface area is 120 Å². The number of nitro groups is 1. The van der Waals surface area contributed by atoms with Crippen molar-refractivity contribution in [3.05, 3.63) is 44.9 Å². The fourth-order valence-corrected chi connectivity index (χ4v) is 2.61. The number of hydrogen-bond acceptors (Lipinski definition) is 6. The summed E-state index contributed by atoms with van der Waals surface area (Å²) in [6.45, 7) is 2.04. The number of nitro benzene ring substituents is 1. The van der Waals surface area contributed by atoms with Gasteiger partial charge in [-0.3, -0.25) is 10.1 Å². The van der Waals surface area contributed by atoms with E-state index in [-0.39, 0.29) is 11.7 Å². The fourth-order valence-electron chi connectivity index (χ4n) is 1.84. The SMILES string of the molecule is CCC(Nc1cc(OC)cc([N+](=O)[O-])c1)c1nccs1. The lowest BCUT2D eigenvalue weighted by Gasteiger charge is -2.16. The first-order valence-electron chi connectivity index (χ1n) is 6.13. The summed E-state index contributed by atoms with van der Waals surface area (Å²) < 4.78 is 5.09. The normalized spacial score (nSPS) is 11.9. The molecule has 1 atom stereocenters. The third-order valence-electron chi connectivity index (χ3n) is 2.84. The predicted molar refractivity (Wildman–Crippen MR) is 78.4 cm³/mol. The minimum Gasteiger partial charge on any atom is -0.496 e. The molecule has 0 radical (unpaired) electrons. The molecule has 0 aliphatic carbocycles. The van der Waals surface area contributed by atoms with E-state index < -0.39 is 4.92 Å². The van der Waals surface area contributed by atoms with Crippen LogP contribution in [0.25, 0.3) is 0 Å². The molecule has 0 aliphatic heterocycles. The highest BCUT2D eigenvalue weighted by Crippen LogP contribution is 2.30. The second-order valence-electron chi connectivity index (χ2n) is 4.15. The number of non-ortho nitro benzene ring substituents is 1. The zero-order valence-electron chi connectivity index (χ0n) is 11.2. The van der Waals surface area contributed by atoms with Gasteiger partial charge in [0.15, 0.2) is 0 Å². The molecule has 106 valence electrons. The van der Waals surface area contributed by atoms with E-state index in [4.69, 9.17) is 4.74 Å². The van der Waals surface area contributed by atoms with Crippen molar-refractivity contribution in [3.8, 4) is 5.75 Å². The van der Waals surface area contributed by atoms with Crippen molar-refractivity contribution in [1.82, 2.24) is 4.98 Å². The van der Waals surface area contributed by atoms with Gasteiger partial charge in [-0.05, 0) is 6.42 Å². The number of thiazole rings is 1. The van der Waals surface area contributed by atoms with E-state index in [2.05, 4.69) is 10.3 Å². The van der Waals surface area contributed by atoms with Crippen LogP contribution in [0.2, 0.25) is 0 Å². The molecular formula is C13H15N3O3S. The van der Waals surface area contributed by atoms with E-state index in [1.807, 2.05) is 12.3 Å². The van der Waals surface area contributed by atoms with E-state index in [1.54, 1.807) is 23.6 Å². The Morgan fingerprint density at radius 2 is 2.30 bits per heavy atom. The van der Waals surface area contributed by atoms with Gasteiger partial charge in [-0.25, -0.2) is 4.98 Å². The van der Waals surface area contributed by atoms with Crippen LogP contribution in [0.3, 0.4) is 0 Å². The lowest BCUT2D eigenvalue weighted by molar-refractivity contribution is -0.384. The van der Waals surface area contributed by atoms with Gasteiger partial charge in [0.25, 0.3) is 5.69 Å². The Morgan fingerprint density at radius 1 is 1.50 bits per heavy atom. The van der Waals surface area contributed by atoms with Crippen LogP contribution < -0.4 is 10.1 Å². The van der Waals surface area contributed by atoms with Gasteiger partial charge in [-0.2, -0.15) is 0 Å². The van der Waals surface area contributed by atoms with Gasteiger partial charge < -0.3 is 10.1 Å². The zero-order valence-corrected chi connectivity index (χ0v) is 12.0. The van der Waals surface area contributed by atoms with Crippen molar-refractivity contribution < 1.29 is 9.66 Å². The van der Waals surface area contributed by atoms with Gasteiger partial charge in [0.1, 0.15) is 10.8 Å². The summed E-state index contributed by atoms with van der Waals surface area (Å²) in [5.74, 6) is 0.454. The molecule has 1 N–H and O–H groups in total. The molecular weight excluding hydrogens is 278 g/mol. The molecule has 1 heterocycles. The second kappa shape index (κ2) is 6.33. The Bertz CT molecular complexity index is 587. The van der Waals surface area contributed by atoms with Crippen LogP contribution in [0.15, 0.2) is 29.8 Å². The van der Waals surface area contributed by atoms with E-state index in [9.17, 15) is 10.1 Å². The first-order chi connectivity index (χ1) is 9.63. The minimum atomic E-state index is -0.432. The molecule has 1 aromatic heterocycles. The maximum Gasteiger partial charge on any atom is 0.275 e. The molecule has 0 fully saturated rings. The van der Waals surface area contributed by atoms with Crippen LogP contribution >= 0.6 is 11.3 Å². The fraction of sp³-hybridized carbons (Fsp3) is 0.308. The van der Waals surface area contributed by atoms with Gasteiger partial charge in [0.05, 0.1) is 24.1 Å². The van der Waals surface area contributed by atoms with Crippen LogP contribution in [0.1, 0.15) is 24.4 Å². The average molecular weight is 293 g/mol. The van der Waals surface area contributed by atoms with Crippen molar-refractivity contribution >= 4 is 22.7 Å². The molecule has 7 heteroatoms. The summed E-state index contributed by atoms with van der Waals surface area (Å²) >= 11 is 1.56. The number of hydrogen-bond donors (Lipinski definition) is 1. The van der Waals surface area contributed by atoms with E-state index >= 15 is 0 Å². The number of aromatic nitrogens is 1. The zero-order chi connectivity index (χ0) is 14.5. The number of benzene rings is 1. The second-order valence-corrected chi connectivity index (χ2v) is 5.08. The van der Waals surface area contributed by atoms with E-state index in [1.165, 1.54) is 19.2 Å². The minimum absolute atomic E-state index is 0.000779. The predicted octanol–water partition coefficient (Wildman–Crippen LogP) is 3.62. The number of rotatable bonds is 6. The molecule has 1 aromatic carbocycles. The monoisotopic (exact) mass is 293 g/mol. The molecule has 2 rings (SSSR count). The molecule has 0 bridgehead atoms. The van der Waals surface area contributed by atoms with Crippen molar-refractivity contribution in [1.29, 1.82) is 0 Å². The Balaban J connectivity index is 2.27. The highest BCUT2D eigenvalue weighted by atomic mass is 32.1. The van der Waals surface area contributed by atoms with Crippen molar-refractivity contribution in [3.63, 3.8) is 0 Å². The maximum absolute atomic E-state index is 10.9. The van der Waals surface area contributed by atoms with Crippen LogP contribution in [-0.2, 0) is 0 Å². The largest absolute Gasteiger partial charge is 0.496 e. The lowest BCUT2D eigenvalue weighted by atomic mass is 10.2. The molecule has 0 amide bonds. The van der Waals surface area contributed by atoms with Gasteiger partial charge >= 0.3 is 0 Å². The molecule has 0 saturated carbocycles. The molecule has 0 spiro atoms. The molecule has 0 saturated heterocycles. The summed E-state index contributed by atoms with van der Waals surface area (Å²) in [5, 5.41) is 17.0. The smallest absolute Gasteiger partial charge is 0.275 e. The summed E-state index contributed by atoms with van der Waals surface area (Å²) in [7, 11) is 1.49. The van der Waals surface area contributed by atoms with Crippen LogP contribution in [0.4, 0.5) is 11.4 Å². The Kier molecular flexibility index (Phi) is 4.52. The van der Waals surface area contributed by atoms with Gasteiger partial charge in [0, 0.05) is 29.4 Å². The summed E-state index contributed by atoms with van der Waals surface area (Å²) in [6.07, 6.45) is 2.58. The van der Waals surface area contributed by atoms with Gasteiger partial charge in [-0.1, -0.05) is 6.92 Å². The van der Waals surface area contributed by atoms with Crippen molar-refractivity contribution in [2.75, 3.05) is 12.4 Å². The van der Waals surface area contributed by atoms with E-state index in [0.717, 1.165) is 11.4 Å². The quantitative estimate of drug-likeness (QED) is 0.650. The van der Waals surface area contributed by atoms with Gasteiger partial charge in [0.2, 0.25) is 0 Å². The molecule has 6 nitrogen and oxygen atoms in total. The van der Waals surface area contributed by atoms with Crippen LogP contribution in [0, 0.1) is 10.1 Å². The van der Waals surface area contributed by atoms with E-state index in [0.29, 0.717) is 11.4 Å². The number of methoxy groups -OCH3 is 1. The summed E-state index contributed by atoms with van der Waals surface area (Å²) in [6, 6.07) is 4.67. The van der Waals surface area contributed by atoms with Gasteiger partial charge in [-0.15, -0.1) is 11.3 Å². The average Bonchev–Trinajstić information content (AvgIpc) is 2.98. The topological polar surface area (TPSA) is 77.3 Å². The third kappa shape index (κ3) is 3.24. The number of anilines is 1. The molecule has 1 unspecified atom stereocenters. The molecule has 20 heavy (non-hydrogen) atoms. The summed E-state index contributed by atoms with van der Waals surface area (Å²) in [4.78, 5) is 14.8. The first kappa shape index (κ1) is 14.3. The molecule has 2 aromatic rings. The van der Waals surface area contributed by atoms with Crippen LogP contribution in [-0.4, -0.2) is 17.0 Å². The number of nitrogens with zero attached hydrogens (tertiary/aromatic N) is 2. The lowest BCUT2D eigenvalue weighted by Crippen LogP contribution is -2.09. The Morgan fingerprint density at radius 3 is 2.85 bits per heavy atom. The van der Waals surface area contributed by atoms with Crippen LogP contribution in [0.5, 0.6) is 5.75 Å². The highest BCUT2D eigenvalue weighted by molar-refractivity contribution is 7.09. The first-order valence-corrected chi connectivity index (χ1v) is 7.01. The Hall–Kier alpha value is -2.15. The van der Waals surface area contributed by atoms with Crippen molar-refractivity contribution in [2.24, 2.45) is 0 Å². The highest BCUT2D eigenvalue weighted by Gasteiger charge is 2.15. The maximum atomic E-state index is 10.9. The third-order valence-corrected chi connectivity index (χ3v) is 3.73. The number of nitrogens with one attached hydrogen (secondary N) is 1. The van der Waals surface area contributed by atoms with Crippen molar-refractivity contribution in [2.45, 2.75) is 19.4 Å². The standard InChI is InChI=1S/C13H15N3O3S/c1-3-12(13-14-4-5-20-13)15-9-6-10(16(17)18)8-11(7-9)19-2/h4-8,12,15H,3H2,1-2H3.